The Bertz CT molecular complexity index is 485. The third-order valence-electron chi connectivity index (χ3n) is 5.38. The minimum atomic E-state index is -0.652. The van der Waals surface area contributed by atoms with Gasteiger partial charge in [0.2, 0.25) is 0 Å². The molecule has 2 saturated carbocycles. The molecule has 0 amide bonds. The quantitative estimate of drug-likeness (QED) is 0.923. The summed E-state index contributed by atoms with van der Waals surface area (Å²) in [5, 5.41) is 18.1. The average Bonchev–Trinajstić information content (AvgIpc) is 2.97. The highest BCUT2D eigenvalue weighted by molar-refractivity contribution is 5.75. The number of hydrogen-bond acceptors (Lipinski definition) is 3. The Morgan fingerprint density at radius 1 is 1.19 bits per heavy atom. The monoisotopic (exact) mass is 291 g/mol. The average molecular weight is 291 g/mol. The van der Waals surface area contributed by atoms with Crippen molar-refractivity contribution in [3.05, 3.63) is 12.2 Å². The molecular formula is C16H25N3O2. The van der Waals surface area contributed by atoms with Crippen LogP contribution in [0.15, 0.2) is 6.33 Å². The van der Waals surface area contributed by atoms with Gasteiger partial charge in [0.25, 0.3) is 0 Å². The fourth-order valence-electron chi connectivity index (χ4n) is 4.05. The molecule has 116 valence electrons. The molecule has 0 aliphatic heterocycles. The number of carbonyl (C=O) groups is 1. The lowest BCUT2D eigenvalue weighted by molar-refractivity contribution is -0.151. The molecule has 0 radical (unpaired) electrons. The molecule has 2 aliphatic rings. The van der Waals surface area contributed by atoms with E-state index < -0.39 is 11.4 Å². The van der Waals surface area contributed by atoms with Gasteiger partial charge < -0.3 is 9.67 Å². The zero-order chi connectivity index (χ0) is 14.7. The molecule has 0 atom stereocenters. The fraction of sp³-hybridized carbons (Fsp3) is 0.812. The van der Waals surface area contributed by atoms with Crippen LogP contribution in [0.2, 0.25) is 0 Å². The summed E-state index contributed by atoms with van der Waals surface area (Å²) in [6, 6.07) is 0.471. The van der Waals surface area contributed by atoms with Crippen molar-refractivity contribution in [2.24, 2.45) is 5.41 Å². The van der Waals surface area contributed by atoms with Crippen molar-refractivity contribution < 1.29 is 9.90 Å². The van der Waals surface area contributed by atoms with E-state index in [2.05, 4.69) is 14.8 Å². The molecule has 0 aromatic carbocycles. The van der Waals surface area contributed by atoms with Gasteiger partial charge >= 0.3 is 5.97 Å². The van der Waals surface area contributed by atoms with Crippen LogP contribution in [0.3, 0.4) is 0 Å². The van der Waals surface area contributed by atoms with Gasteiger partial charge in [-0.05, 0) is 25.7 Å². The second-order valence-corrected chi connectivity index (χ2v) is 6.77. The summed E-state index contributed by atoms with van der Waals surface area (Å²) < 4.78 is 2.17. The van der Waals surface area contributed by atoms with Crippen LogP contribution < -0.4 is 0 Å². The number of rotatable bonds is 4. The number of nitrogens with zero attached hydrogens (tertiary/aromatic N) is 3. The maximum absolute atomic E-state index is 11.8. The van der Waals surface area contributed by atoms with E-state index in [1.54, 1.807) is 0 Å². The lowest BCUT2D eigenvalue weighted by Crippen LogP contribution is -2.36. The SMILES string of the molecule is O=C(O)C1(Cc2nncn2C2CCCCC2)CCCCC1. The molecule has 5 heteroatoms. The summed E-state index contributed by atoms with van der Waals surface area (Å²) in [6.45, 7) is 0. The summed E-state index contributed by atoms with van der Waals surface area (Å²) in [6.07, 6.45) is 13.3. The lowest BCUT2D eigenvalue weighted by atomic mass is 9.71. The lowest BCUT2D eigenvalue weighted by Gasteiger charge is -2.33. The first-order valence-electron chi connectivity index (χ1n) is 8.33. The molecule has 0 unspecified atom stereocenters. The summed E-state index contributed by atoms with van der Waals surface area (Å²) in [4.78, 5) is 11.8. The molecule has 1 aromatic rings. The largest absolute Gasteiger partial charge is 0.481 e. The summed E-state index contributed by atoms with van der Waals surface area (Å²) in [7, 11) is 0. The zero-order valence-electron chi connectivity index (χ0n) is 12.6. The Morgan fingerprint density at radius 3 is 2.52 bits per heavy atom. The standard InChI is InChI=1S/C16H25N3O2/c20-15(21)16(9-5-2-6-10-16)11-14-18-17-12-19(14)13-7-3-1-4-8-13/h12-13H,1-11H2,(H,20,21). The number of aliphatic carboxylic acids is 1. The smallest absolute Gasteiger partial charge is 0.310 e. The molecule has 0 spiro atoms. The van der Waals surface area contributed by atoms with Gasteiger partial charge in [-0.2, -0.15) is 0 Å². The fourth-order valence-corrected chi connectivity index (χ4v) is 4.05. The Balaban J connectivity index is 1.80. The van der Waals surface area contributed by atoms with Gasteiger partial charge in [0.05, 0.1) is 5.41 Å². The first kappa shape index (κ1) is 14.5. The van der Waals surface area contributed by atoms with E-state index in [1.807, 2.05) is 6.33 Å². The Kier molecular flexibility index (Phi) is 4.27. The van der Waals surface area contributed by atoms with E-state index in [1.165, 1.54) is 32.1 Å². The predicted molar refractivity (Wildman–Crippen MR) is 79.0 cm³/mol. The highest BCUT2D eigenvalue weighted by Crippen LogP contribution is 2.40. The molecule has 3 rings (SSSR count). The van der Waals surface area contributed by atoms with Gasteiger partial charge in [0, 0.05) is 12.5 Å². The van der Waals surface area contributed by atoms with E-state index in [9.17, 15) is 9.90 Å². The third kappa shape index (κ3) is 2.97. The van der Waals surface area contributed by atoms with E-state index in [0.717, 1.165) is 37.9 Å². The van der Waals surface area contributed by atoms with Gasteiger partial charge in [-0.25, -0.2) is 0 Å². The van der Waals surface area contributed by atoms with Gasteiger partial charge in [0.1, 0.15) is 12.2 Å². The van der Waals surface area contributed by atoms with E-state index in [4.69, 9.17) is 0 Å². The van der Waals surface area contributed by atoms with Crippen molar-refractivity contribution in [3.8, 4) is 0 Å². The van der Waals surface area contributed by atoms with Crippen molar-refractivity contribution in [1.29, 1.82) is 0 Å². The number of hydrogen-bond donors (Lipinski definition) is 1. The Morgan fingerprint density at radius 2 is 1.86 bits per heavy atom. The molecule has 5 nitrogen and oxygen atoms in total. The van der Waals surface area contributed by atoms with Crippen molar-refractivity contribution in [3.63, 3.8) is 0 Å². The van der Waals surface area contributed by atoms with Crippen molar-refractivity contribution >= 4 is 5.97 Å². The molecule has 1 heterocycles. The van der Waals surface area contributed by atoms with Crippen LogP contribution >= 0.6 is 0 Å². The minimum Gasteiger partial charge on any atom is -0.481 e. The van der Waals surface area contributed by atoms with Crippen LogP contribution in [0.4, 0.5) is 0 Å². The molecule has 1 N–H and O–H groups in total. The van der Waals surface area contributed by atoms with Crippen LogP contribution in [0.25, 0.3) is 0 Å². The topological polar surface area (TPSA) is 68.0 Å². The van der Waals surface area contributed by atoms with Crippen molar-refractivity contribution in [1.82, 2.24) is 14.8 Å². The van der Waals surface area contributed by atoms with Crippen LogP contribution in [0.1, 0.15) is 76.1 Å². The van der Waals surface area contributed by atoms with Crippen molar-refractivity contribution in [2.45, 2.75) is 76.7 Å². The molecule has 0 bridgehead atoms. The van der Waals surface area contributed by atoms with Crippen molar-refractivity contribution in [2.75, 3.05) is 0 Å². The second-order valence-electron chi connectivity index (χ2n) is 6.77. The third-order valence-corrected chi connectivity index (χ3v) is 5.38. The van der Waals surface area contributed by atoms with Crippen LogP contribution in [-0.2, 0) is 11.2 Å². The minimum absolute atomic E-state index is 0.471. The van der Waals surface area contributed by atoms with Crippen LogP contribution in [0.5, 0.6) is 0 Å². The van der Waals surface area contributed by atoms with Crippen LogP contribution in [0, 0.1) is 5.41 Å². The molecule has 2 aliphatic carbocycles. The van der Waals surface area contributed by atoms with Gasteiger partial charge in [-0.15, -0.1) is 10.2 Å². The maximum atomic E-state index is 11.8. The van der Waals surface area contributed by atoms with E-state index >= 15 is 0 Å². The van der Waals surface area contributed by atoms with E-state index in [0.29, 0.717) is 12.5 Å². The summed E-state index contributed by atoms with van der Waals surface area (Å²) >= 11 is 0. The normalized spacial score (nSPS) is 23.0. The predicted octanol–water partition coefficient (Wildman–Crippen LogP) is 3.36. The number of carboxylic acids is 1. The first-order valence-corrected chi connectivity index (χ1v) is 8.33. The molecule has 2 fully saturated rings. The van der Waals surface area contributed by atoms with Gasteiger partial charge in [-0.1, -0.05) is 38.5 Å². The maximum Gasteiger partial charge on any atom is 0.310 e. The van der Waals surface area contributed by atoms with Crippen LogP contribution in [-0.4, -0.2) is 25.8 Å². The first-order chi connectivity index (χ1) is 10.2. The molecular weight excluding hydrogens is 266 g/mol. The Hall–Kier alpha value is -1.39. The van der Waals surface area contributed by atoms with Gasteiger partial charge in [-0.3, -0.25) is 4.79 Å². The molecule has 1 aromatic heterocycles. The number of aromatic nitrogens is 3. The summed E-state index contributed by atoms with van der Waals surface area (Å²) in [5.41, 5.74) is -0.613. The number of carboxylic acid groups (broad SMARTS) is 1. The Labute approximate surface area is 125 Å². The van der Waals surface area contributed by atoms with E-state index in [-0.39, 0.29) is 0 Å². The second kappa shape index (κ2) is 6.16. The highest BCUT2D eigenvalue weighted by Gasteiger charge is 2.41. The zero-order valence-corrected chi connectivity index (χ0v) is 12.6. The summed E-state index contributed by atoms with van der Waals surface area (Å²) in [5.74, 6) is 0.228. The molecule has 21 heavy (non-hydrogen) atoms. The molecule has 0 saturated heterocycles. The van der Waals surface area contributed by atoms with Gasteiger partial charge in [0.15, 0.2) is 0 Å². The highest BCUT2D eigenvalue weighted by atomic mass is 16.4.